The number of urea groups is 1. The van der Waals surface area contributed by atoms with Gasteiger partial charge in [-0.15, -0.1) is 0 Å². The minimum Gasteiger partial charge on any atom is -0.486 e. The van der Waals surface area contributed by atoms with E-state index in [0.29, 0.717) is 30.4 Å². The second-order valence-corrected chi connectivity index (χ2v) is 3.85. The van der Waals surface area contributed by atoms with E-state index in [-0.39, 0.29) is 13.0 Å². The number of ether oxygens (including phenoxy) is 2. The summed E-state index contributed by atoms with van der Waals surface area (Å²) < 4.78 is 10.8. The van der Waals surface area contributed by atoms with Crippen LogP contribution in [0.15, 0.2) is 18.2 Å². The fraction of sp³-hybridized carbons (Fsp3) is 0.333. The molecule has 0 atom stereocenters. The summed E-state index contributed by atoms with van der Waals surface area (Å²) in [5, 5.41) is 13.5. The van der Waals surface area contributed by atoms with Crippen LogP contribution in [0.1, 0.15) is 6.42 Å². The lowest BCUT2D eigenvalue weighted by Gasteiger charge is -2.21. The standard InChI is InChI=1S/C12H14N2O5/c15-10(16)4-5-13-12(17)14-8-2-1-3-9-11(8)19-7-6-18-9/h1-3H,4-7H2,(H,15,16)(H2,13,14,17). The molecule has 0 aromatic heterocycles. The minimum atomic E-state index is -0.964. The maximum Gasteiger partial charge on any atom is 0.319 e. The Morgan fingerprint density at radius 3 is 2.84 bits per heavy atom. The number of fused-ring (bicyclic) bond motifs is 1. The predicted molar refractivity (Wildman–Crippen MR) is 66.7 cm³/mol. The summed E-state index contributed by atoms with van der Waals surface area (Å²) in [5.41, 5.74) is 0.491. The van der Waals surface area contributed by atoms with Gasteiger partial charge in [-0.3, -0.25) is 4.79 Å². The molecule has 0 unspecified atom stereocenters. The Bertz CT molecular complexity index is 489. The Kier molecular flexibility index (Phi) is 4.07. The van der Waals surface area contributed by atoms with Crippen molar-refractivity contribution < 1.29 is 24.2 Å². The van der Waals surface area contributed by atoms with Crippen molar-refractivity contribution in [2.24, 2.45) is 0 Å². The van der Waals surface area contributed by atoms with Crippen LogP contribution in [0.2, 0.25) is 0 Å². The molecule has 0 spiro atoms. The molecule has 1 heterocycles. The summed E-state index contributed by atoms with van der Waals surface area (Å²) in [7, 11) is 0. The van der Waals surface area contributed by atoms with Gasteiger partial charge in [0.25, 0.3) is 0 Å². The van der Waals surface area contributed by atoms with Crippen molar-refractivity contribution >= 4 is 17.7 Å². The zero-order valence-electron chi connectivity index (χ0n) is 10.1. The highest BCUT2D eigenvalue weighted by Gasteiger charge is 2.16. The fourth-order valence-corrected chi connectivity index (χ4v) is 1.62. The van der Waals surface area contributed by atoms with Crippen LogP contribution < -0.4 is 20.1 Å². The van der Waals surface area contributed by atoms with E-state index in [2.05, 4.69) is 10.6 Å². The van der Waals surface area contributed by atoms with Crippen molar-refractivity contribution in [2.75, 3.05) is 25.1 Å². The van der Waals surface area contributed by atoms with Gasteiger partial charge in [-0.25, -0.2) is 4.79 Å². The molecule has 3 N–H and O–H groups in total. The number of amides is 2. The predicted octanol–water partition coefficient (Wildman–Crippen LogP) is 1.05. The normalized spacial score (nSPS) is 12.6. The van der Waals surface area contributed by atoms with Crippen molar-refractivity contribution in [3.63, 3.8) is 0 Å². The van der Waals surface area contributed by atoms with Crippen LogP contribution in [0.25, 0.3) is 0 Å². The lowest BCUT2D eigenvalue weighted by atomic mass is 10.2. The van der Waals surface area contributed by atoms with Crippen LogP contribution in [0.4, 0.5) is 10.5 Å². The van der Waals surface area contributed by atoms with Gasteiger partial charge in [0.2, 0.25) is 0 Å². The quantitative estimate of drug-likeness (QED) is 0.757. The number of carboxylic acid groups (broad SMARTS) is 1. The smallest absolute Gasteiger partial charge is 0.319 e. The highest BCUT2D eigenvalue weighted by atomic mass is 16.6. The first-order valence-corrected chi connectivity index (χ1v) is 5.82. The van der Waals surface area contributed by atoms with Crippen LogP contribution in [-0.4, -0.2) is 36.9 Å². The summed E-state index contributed by atoms with van der Waals surface area (Å²) >= 11 is 0. The van der Waals surface area contributed by atoms with Gasteiger partial charge < -0.3 is 25.2 Å². The van der Waals surface area contributed by atoms with Gasteiger partial charge in [0.05, 0.1) is 12.1 Å². The first-order valence-electron chi connectivity index (χ1n) is 5.82. The second-order valence-electron chi connectivity index (χ2n) is 3.85. The molecule has 102 valence electrons. The topological polar surface area (TPSA) is 96.9 Å². The van der Waals surface area contributed by atoms with Crippen molar-refractivity contribution in [2.45, 2.75) is 6.42 Å². The molecule has 0 aliphatic carbocycles. The highest BCUT2D eigenvalue weighted by Crippen LogP contribution is 2.37. The Labute approximate surface area is 109 Å². The molecule has 0 fully saturated rings. The first kappa shape index (κ1) is 13.0. The molecular formula is C12H14N2O5. The number of carbonyl (C=O) groups excluding carboxylic acids is 1. The maximum atomic E-state index is 11.6. The lowest BCUT2D eigenvalue weighted by molar-refractivity contribution is -0.136. The third kappa shape index (κ3) is 3.51. The number of benzene rings is 1. The molecule has 7 heteroatoms. The Morgan fingerprint density at radius 1 is 1.26 bits per heavy atom. The van der Waals surface area contributed by atoms with Gasteiger partial charge in [-0.05, 0) is 12.1 Å². The number of hydrogen-bond acceptors (Lipinski definition) is 4. The largest absolute Gasteiger partial charge is 0.486 e. The molecule has 0 saturated carbocycles. The number of hydrogen-bond donors (Lipinski definition) is 3. The average Bonchev–Trinajstić information content (AvgIpc) is 2.39. The van der Waals surface area contributed by atoms with Crippen LogP contribution in [0, 0.1) is 0 Å². The summed E-state index contributed by atoms with van der Waals surface area (Å²) in [4.78, 5) is 21.9. The second kappa shape index (κ2) is 5.94. The SMILES string of the molecule is O=C(O)CCNC(=O)Nc1cccc2c1OCCO2. The van der Waals surface area contributed by atoms with Crippen LogP contribution >= 0.6 is 0 Å². The average molecular weight is 266 g/mol. The fourth-order valence-electron chi connectivity index (χ4n) is 1.62. The molecule has 19 heavy (non-hydrogen) atoms. The molecule has 1 aromatic carbocycles. The summed E-state index contributed by atoms with van der Waals surface area (Å²) in [5.74, 6) is 0.103. The molecule has 2 amide bonds. The number of carboxylic acids is 1. The zero-order valence-corrected chi connectivity index (χ0v) is 10.1. The van der Waals surface area contributed by atoms with E-state index in [1.54, 1.807) is 18.2 Å². The summed E-state index contributed by atoms with van der Waals surface area (Å²) in [6, 6.07) is 4.69. The third-order valence-electron chi connectivity index (χ3n) is 2.44. The number of carbonyl (C=O) groups is 2. The van der Waals surface area contributed by atoms with E-state index in [0.717, 1.165) is 0 Å². The molecule has 2 rings (SSSR count). The molecule has 0 saturated heterocycles. The van der Waals surface area contributed by atoms with Crippen molar-refractivity contribution in [3.8, 4) is 11.5 Å². The Morgan fingerprint density at radius 2 is 2.05 bits per heavy atom. The van der Waals surface area contributed by atoms with Crippen molar-refractivity contribution in [1.82, 2.24) is 5.32 Å². The molecule has 1 aliphatic heterocycles. The van der Waals surface area contributed by atoms with Gasteiger partial charge in [-0.1, -0.05) is 6.07 Å². The van der Waals surface area contributed by atoms with Crippen LogP contribution in [0.5, 0.6) is 11.5 Å². The van der Waals surface area contributed by atoms with E-state index < -0.39 is 12.0 Å². The van der Waals surface area contributed by atoms with E-state index in [1.165, 1.54) is 0 Å². The van der Waals surface area contributed by atoms with Gasteiger partial charge in [0.1, 0.15) is 13.2 Å². The zero-order chi connectivity index (χ0) is 13.7. The third-order valence-corrected chi connectivity index (χ3v) is 2.44. The first-order chi connectivity index (χ1) is 9.16. The number of nitrogens with one attached hydrogen (secondary N) is 2. The van der Waals surface area contributed by atoms with E-state index in [4.69, 9.17) is 14.6 Å². The van der Waals surface area contributed by atoms with E-state index in [9.17, 15) is 9.59 Å². The van der Waals surface area contributed by atoms with Gasteiger partial charge in [0.15, 0.2) is 11.5 Å². The van der Waals surface area contributed by atoms with Gasteiger partial charge in [-0.2, -0.15) is 0 Å². The van der Waals surface area contributed by atoms with Crippen molar-refractivity contribution in [1.29, 1.82) is 0 Å². The van der Waals surface area contributed by atoms with Gasteiger partial charge in [0, 0.05) is 6.54 Å². The number of para-hydroxylation sites is 1. The monoisotopic (exact) mass is 266 g/mol. The molecular weight excluding hydrogens is 252 g/mol. The maximum absolute atomic E-state index is 11.6. The Balaban J connectivity index is 1.95. The lowest BCUT2D eigenvalue weighted by Crippen LogP contribution is -2.31. The van der Waals surface area contributed by atoms with Crippen LogP contribution in [-0.2, 0) is 4.79 Å². The Hall–Kier alpha value is -2.44. The number of rotatable bonds is 4. The molecule has 1 aromatic rings. The summed E-state index contributed by atoms with van der Waals surface area (Å²) in [6.45, 7) is 0.959. The van der Waals surface area contributed by atoms with E-state index in [1.807, 2.05) is 0 Å². The molecule has 0 radical (unpaired) electrons. The highest BCUT2D eigenvalue weighted by molar-refractivity contribution is 5.91. The molecule has 7 nitrogen and oxygen atoms in total. The molecule has 1 aliphatic rings. The van der Waals surface area contributed by atoms with E-state index >= 15 is 0 Å². The van der Waals surface area contributed by atoms with Crippen molar-refractivity contribution in [3.05, 3.63) is 18.2 Å². The van der Waals surface area contributed by atoms with Crippen LogP contribution in [0.3, 0.4) is 0 Å². The number of aliphatic carboxylic acids is 1. The minimum absolute atomic E-state index is 0.0630. The van der Waals surface area contributed by atoms with Gasteiger partial charge >= 0.3 is 12.0 Å². The summed E-state index contributed by atoms with van der Waals surface area (Å²) in [6.07, 6.45) is -0.125. The number of anilines is 1. The molecule has 0 bridgehead atoms.